The van der Waals surface area contributed by atoms with Crippen LogP contribution in [0.25, 0.3) is 0 Å². The van der Waals surface area contributed by atoms with Crippen LogP contribution in [0.2, 0.25) is 0 Å². The van der Waals surface area contributed by atoms with Crippen molar-refractivity contribution in [2.45, 2.75) is 44.9 Å². The lowest BCUT2D eigenvalue weighted by atomic mass is 9.86. The molecule has 0 unspecified atom stereocenters. The van der Waals surface area contributed by atoms with E-state index in [1.807, 2.05) is 0 Å². The van der Waals surface area contributed by atoms with E-state index in [1.165, 1.54) is 32.1 Å². The summed E-state index contributed by atoms with van der Waals surface area (Å²) in [6.45, 7) is 0. The van der Waals surface area contributed by atoms with Gasteiger partial charge in [0.2, 0.25) is 0 Å². The van der Waals surface area contributed by atoms with Crippen molar-refractivity contribution < 1.29 is 4.79 Å². The maximum absolute atomic E-state index is 10.5. The zero-order chi connectivity index (χ0) is 10.4. The van der Waals surface area contributed by atoms with Crippen molar-refractivity contribution in [3.05, 3.63) is 0 Å². The lowest BCUT2D eigenvalue weighted by Crippen LogP contribution is -2.34. The molecule has 0 spiro atoms. The van der Waals surface area contributed by atoms with Crippen LogP contribution in [-0.2, 0) is 0 Å². The van der Waals surface area contributed by atoms with Gasteiger partial charge in [-0.15, -0.1) is 0 Å². The Balaban J connectivity index is 2.12. The van der Waals surface area contributed by atoms with E-state index in [-0.39, 0.29) is 0 Å². The van der Waals surface area contributed by atoms with Gasteiger partial charge < -0.3 is 11.1 Å². The average Bonchev–Trinajstić information content (AvgIpc) is 2.15. The van der Waals surface area contributed by atoms with Gasteiger partial charge in [0.1, 0.15) is 0 Å². The molecule has 1 aliphatic rings. The molecule has 80 valence electrons. The van der Waals surface area contributed by atoms with Gasteiger partial charge in [0.15, 0.2) is 0 Å². The number of thiocarbonyl (C=S) groups is 1. The van der Waals surface area contributed by atoms with Gasteiger partial charge in [0.05, 0.1) is 4.99 Å². The number of carbonyl (C=O) groups excluding carboxylic acids is 1. The second-order valence-corrected chi connectivity index (χ2v) is 4.45. The fourth-order valence-corrected chi connectivity index (χ4v) is 2.23. The number of nitrogens with one attached hydrogen (secondary N) is 1. The van der Waals surface area contributed by atoms with Gasteiger partial charge in [-0.1, -0.05) is 44.3 Å². The summed E-state index contributed by atoms with van der Waals surface area (Å²) in [5.41, 5.74) is 4.96. The Bertz CT molecular complexity index is 212. The van der Waals surface area contributed by atoms with Crippen molar-refractivity contribution in [2.75, 3.05) is 0 Å². The van der Waals surface area contributed by atoms with Crippen LogP contribution in [0.3, 0.4) is 0 Å². The zero-order valence-corrected chi connectivity index (χ0v) is 9.24. The number of hydrogen-bond acceptors (Lipinski definition) is 2. The number of carbonyl (C=O) groups is 1. The molecule has 0 aliphatic heterocycles. The Kier molecular flexibility index (Phi) is 4.87. The highest BCUT2D eigenvalue weighted by molar-refractivity contribution is 7.80. The third-order valence-electron chi connectivity index (χ3n) is 2.77. The molecule has 1 rings (SSSR count). The quantitative estimate of drug-likeness (QED) is 0.708. The van der Waals surface area contributed by atoms with Crippen molar-refractivity contribution in [1.82, 2.24) is 5.32 Å². The van der Waals surface area contributed by atoms with E-state index in [2.05, 4.69) is 5.32 Å². The highest BCUT2D eigenvalue weighted by atomic mass is 32.1. The summed E-state index contributed by atoms with van der Waals surface area (Å²) in [5, 5.41) is 2.45. The number of rotatable bonds is 3. The molecule has 0 bridgehead atoms. The van der Waals surface area contributed by atoms with Crippen molar-refractivity contribution in [2.24, 2.45) is 11.7 Å². The Hall–Kier alpha value is -0.640. The number of urea groups is 1. The first-order valence-corrected chi connectivity index (χ1v) is 5.68. The SMILES string of the molecule is NC(=O)NC(=S)CCC1CCCCC1. The van der Waals surface area contributed by atoms with Crippen molar-refractivity contribution >= 4 is 23.2 Å². The van der Waals surface area contributed by atoms with E-state index in [0.717, 1.165) is 18.8 Å². The molecule has 0 aromatic heterocycles. The molecule has 0 radical (unpaired) electrons. The minimum absolute atomic E-state index is 0.543. The maximum atomic E-state index is 10.5. The largest absolute Gasteiger partial charge is 0.351 e. The first-order valence-electron chi connectivity index (χ1n) is 5.28. The molecule has 0 aromatic carbocycles. The highest BCUT2D eigenvalue weighted by Crippen LogP contribution is 2.27. The van der Waals surface area contributed by atoms with Gasteiger partial charge in [-0.2, -0.15) is 0 Å². The van der Waals surface area contributed by atoms with E-state index >= 15 is 0 Å². The topological polar surface area (TPSA) is 55.1 Å². The average molecular weight is 214 g/mol. The van der Waals surface area contributed by atoms with Crippen LogP contribution in [0.4, 0.5) is 4.79 Å². The predicted molar refractivity (Wildman–Crippen MR) is 61.1 cm³/mol. The molecule has 0 atom stereocenters. The third kappa shape index (κ3) is 4.56. The van der Waals surface area contributed by atoms with Crippen LogP contribution >= 0.6 is 12.2 Å². The van der Waals surface area contributed by atoms with Gasteiger partial charge in [0.25, 0.3) is 0 Å². The van der Waals surface area contributed by atoms with E-state index in [9.17, 15) is 4.79 Å². The summed E-state index contributed by atoms with van der Waals surface area (Å²) in [6, 6.07) is -0.543. The maximum Gasteiger partial charge on any atom is 0.317 e. The molecule has 0 aromatic rings. The first kappa shape index (κ1) is 11.4. The molecular formula is C10H18N2OS. The summed E-state index contributed by atoms with van der Waals surface area (Å²) >= 11 is 4.99. The predicted octanol–water partition coefficient (Wildman–Crippen LogP) is 2.34. The summed E-state index contributed by atoms with van der Waals surface area (Å²) in [5.74, 6) is 0.802. The van der Waals surface area contributed by atoms with Crippen LogP contribution < -0.4 is 11.1 Å². The van der Waals surface area contributed by atoms with E-state index in [1.54, 1.807) is 0 Å². The van der Waals surface area contributed by atoms with Crippen molar-refractivity contribution in [1.29, 1.82) is 0 Å². The minimum Gasteiger partial charge on any atom is -0.351 e. The summed E-state index contributed by atoms with van der Waals surface area (Å²) in [6.07, 6.45) is 8.60. The molecule has 3 nitrogen and oxygen atoms in total. The highest BCUT2D eigenvalue weighted by Gasteiger charge is 2.13. The van der Waals surface area contributed by atoms with Gasteiger partial charge >= 0.3 is 6.03 Å². The molecule has 2 amide bonds. The molecular weight excluding hydrogens is 196 g/mol. The Labute approximate surface area is 90.4 Å². The smallest absolute Gasteiger partial charge is 0.317 e. The second kappa shape index (κ2) is 5.96. The fraction of sp³-hybridized carbons (Fsp3) is 0.800. The van der Waals surface area contributed by atoms with E-state index in [4.69, 9.17) is 18.0 Å². The second-order valence-electron chi connectivity index (χ2n) is 3.96. The van der Waals surface area contributed by atoms with Crippen LogP contribution in [0.1, 0.15) is 44.9 Å². The lowest BCUT2D eigenvalue weighted by molar-refractivity contribution is 0.253. The molecule has 0 heterocycles. The lowest BCUT2D eigenvalue weighted by Gasteiger charge is -2.21. The Morgan fingerprint density at radius 1 is 1.36 bits per heavy atom. The van der Waals surface area contributed by atoms with Crippen LogP contribution in [0, 0.1) is 5.92 Å². The summed E-state index contributed by atoms with van der Waals surface area (Å²) < 4.78 is 0. The molecule has 14 heavy (non-hydrogen) atoms. The monoisotopic (exact) mass is 214 g/mol. The number of nitrogens with two attached hydrogens (primary N) is 1. The Morgan fingerprint density at radius 2 is 2.00 bits per heavy atom. The summed E-state index contributed by atoms with van der Waals surface area (Å²) in [7, 11) is 0. The molecule has 4 heteroatoms. The van der Waals surface area contributed by atoms with Crippen LogP contribution in [0.15, 0.2) is 0 Å². The van der Waals surface area contributed by atoms with Crippen molar-refractivity contribution in [3.63, 3.8) is 0 Å². The van der Waals surface area contributed by atoms with Gasteiger partial charge in [-0.3, -0.25) is 0 Å². The standard InChI is InChI=1S/C10H18N2OS/c11-10(13)12-9(14)7-6-8-4-2-1-3-5-8/h8H,1-7H2,(H3,11,12,13,14). The third-order valence-corrected chi connectivity index (χ3v) is 3.07. The first-order chi connectivity index (χ1) is 6.68. The summed E-state index contributed by atoms with van der Waals surface area (Å²) in [4.78, 5) is 11.1. The van der Waals surface area contributed by atoms with Crippen LogP contribution in [-0.4, -0.2) is 11.0 Å². The Morgan fingerprint density at radius 3 is 2.57 bits per heavy atom. The van der Waals surface area contributed by atoms with E-state index < -0.39 is 6.03 Å². The van der Waals surface area contributed by atoms with Gasteiger partial charge in [0, 0.05) is 0 Å². The number of hydrogen-bond donors (Lipinski definition) is 2. The number of amides is 2. The van der Waals surface area contributed by atoms with Crippen molar-refractivity contribution in [3.8, 4) is 0 Å². The van der Waals surface area contributed by atoms with E-state index in [0.29, 0.717) is 4.99 Å². The normalized spacial score (nSPS) is 17.7. The van der Waals surface area contributed by atoms with Crippen LogP contribution in [0.5, 0.6) is 0 Å². The molecule has 3 N–H and O–H groups in total. The molecule has 1 aliphatic carbocycles. The number of primary amides is 1. The van der Waals surface area contributed by atoms with Gasteiger partial charge in [-0.05, 0) is 18.8 Å². The zero-order valence-electron chi connectivity index (χ0n) is 8.42. The fourth-order valence-electron chi connectivity index (χ4n) is 2.01. The van der Waals surface area contributed by atoms with Gasteiger partial charge in [-0.25, -0.2) is 4.79 Å². The minimum atomic E-state index is -0.543. The molecule has 0 saturated heterocycles. The molecule has 1 saturated carbocycles. The molecule has 1 fully saturated rings.